The molecule has 0 saturated carbocycles. The topological polar surface area (TPSA) is 110 Å². The normalized spacial score (nSPS) is 12.7. The quantitative estimate of drug-likeness (QED) is 0.751. The molecule has 20 heavy (non-hydrogen) atoms. The number of carbonyl (C=O) groups excluding carboxylic acids is 1. The Kier molecular flexibility index (Phi) is 5.52. The number of ether oxygens (including phenoxy) is 1. The average molecular weight is 321 g/mol. The minimum absolute atomic E-state index is 0.178. The molecule has 9 heteroatoms. The van der Waals surface area contributed by atoms with Crippen LogP contribution < -0.4 is 10.1 Å². The van der Waals surface area contributed by atoms with Crippen molar-refractivity contribution in [1.29, 1.82) is 0 Å². The van der Waals surface area contributed by atoms with Gasteiger partial charge in [0.15, 0.2) is 0 Å². The number of carbonyl (C=O) groups is 2. The van der Waals surface area contributed by atoms with Gasteiger partial charge in [-0.25, -0.2) is 13.2 Å². The second-order valence-corrected chi connectivity index (χ2v) is 7.30. The van der Waals surface area contributed by atoms with Crippen molar-refractivity contribution in [3.63, 3.8) is 0 Å². The largest absolute Gasteiger partial charge is 0.496 e. The van der Waals surface area contributed by atoms with Crippen molar-refractivity contribution < 1.29 is 27.9 Å². The van der Waals surface area contributed by atoms with E-state index in [1.165, 1.54) is 13.2 Å². The first-order valence-electron chi connectivity index (χ1n) is 5.57. The monoisotopic (exact) mass is 321 g/mol. The molecule has 0 aliphatic heterocycles. The highest BCUT2D eigenvalue weighted by molar-refractivity contribution is 7.90. The van der Waals surface area contributed by atoms with Gasteiger partial charge in [-0.2, -0.15) is 0 Å². The van der Waals surface area contributed by atoms with E-state index >= 15 is 0 Å². The van der Waals surface area contributed by atoms with Crippen LogP contribution in [0.5, 0.6) is 5.75 Å². The highest BCUT2D eigenvalue weighted by Crippen LogP contribution is 2.21. The molecule has 1 rings (SSSR count). The van der Waals surface area contributed by atoms with Crippen LogP contribution in [-0.4, -0.2) is 50.6 Å². The molecule has 2 N–H and O–H groups in total. The number of methoxy groups -OCH3 is 1. The van der Waals surface area contributed by atoms with E-state index in [-0.39, 0.29) is 12.2 Å². The summed E-state index contributed by atoms with van der Waals surface area (Å²) in [4.78, 5) is 23.2. The summed E-state index contributed by atoms with van der Waals surface area (Å²) in [6, 6.07) is 0.237. The molecule has 0 radical (unpaired) electrons. The number of carboxylic acid groups (broad SMARTS) is 1. The Labute approximate surface area is 120 Å². The Hall–Kier alpha value is -1.61. The van der Waals surface area contributed by atoms with Gasteiger partial charge in [0.2, 0.25) is 0 Å². The summed E-state index contributed by atoms with van der Waals surface area (Å²) in [6.45, 7) is 0. The Bertz CT molecular complexity index is 592. The van der Waals surface area contributed by atoms with E-state index in [2.05, 4.69) is 5.32 Å². The van der Waals surface area contributed by atoms with E-state index in [1.54, 1.807) is 5.38 Å². The lowest BCUT2D eigenvalue weighted by Crippen LogP contribution is -2.41. The van der Waals surface area contributed by atoms with E-state index in [0.29, 0.717) is 10.6 Å². The fraction of sp³-hybridized carbons (Fsp3) is 0.455. The zero-order valence-electron chi connectivity index (χ0n) is 11.0. The van der Waals surface area contributed by atoms with Gasteiger partial charge in [0.25, 0.3) is 5.91 Å². The summed E-state index contributed by atoms with van der Waals surface area (Å²) >= 11 is 1.11. The Balaban J connectivity index is 2.70. The number of rotatable bonds is 7. The molecule has 0 spiro atoms. The highest BCUT2D eigenvalue weighted by Gasteiger charge is 2.23. The van der Waals surface area contributed by atoms with Crippen molar-refractivity contribution in [2.75, 3.05) is 19.1 Å². The SMILES string of the molecule is COc1csc(C(=O)NC(CCS(C)(=O)=O)C(=O)O)c1. The predicted octanol–water partition coefficient (Wildman–Crippen LogP) is 0.374. The first-order valence-corrected chi connectivity index (χ1v) is 8.51. The fourth-order valence-corrected chi connectivity index (χ4v) is 2.78. The standard InChI is InChI=1S/C11H15NO6S2/c1-18-7-5-9(19-6-7)10(13)12-8(11(14)15)3-4-20(2,16)17/h5-6,8H,3-4H2,1-2H3,(H,12,13)(H,14,15). The summed E-state index contributed by atoms with van der Waals surface area (Å²) < 4.78 is 27.0. The van der Waals surface area contributed by atoms with Crippen molar-refractivity contribution >= 4 is 33.1 Å². The van der Waals surface area contributed by atoms with Gasteiger partial charge in [-0.3, -0.25) is 4.79 Å². The molecule has 7 nitrogen and oxygen atoms in total. The second kappa shape index (κ2) is 6.71. The van der Waals surface area contributed by atoms with Crippen LogP contribution in [0.2, 0.25) is 0 Å². The van der Waals surface area contributed by atoms with E-state index in [9.17, 15) is 18.0 Å². The van der Waals surface area contributed by atoms with Gasteiger partial charge < -0.3 is 15.2 Å². The van der Waals surface area contributed by atoms with Crippen LogP contribution >= 0.6 is 11.3 Å². The van der Waals surface area contributed by atoms with Crippen molar-refractivity contribution in [2.24, 2.45) is 0 Å². The lowest BCUT2D eigenvalue weighted by atomic mass is 10.2. The molecular weight excluding hydrogens is 306 g/mol. The van der Waals surface area contributed by atoms with Crippen LogP contribution in [-0.2, 0) is 14.6 Å². The minimum atomic E-state index is -3.29. The fourth-order valence-electron chi connectivity index (χ4n) is 1.36. The van der Waals surface area contributed by atoms with Crippen LogP contribution in [0.25, 0.3) is 0 Å². The molecule has 1 aromatic rings. The molecule has 0 aliphatic carbocycles. The van der Waals surface area contributed by atoms with Gasteiger partial charge in [-0.15, -0.1) is 11.3 Å². The summed E-state index contributed by atoms with van der Waals surface area (Å²) in [7, 11) is -1.83. The number of amides is 1. The highest BCUT2D eigenvalue weighted by atomic mass is 32.2. The first-order chi connectivity index (χ1) is 9.23. The van der Waals surface area contributed by atoms with Crippen LogP contribution in [0.3, 0.4) is 0 Å². The third kappa shape index (κ3) is 5.17. The Morgan fingerprint density at radius 2 is 2.15 bits per heavy atom. The molecular formula is C11H15NO6S2. The number of aliphatic carboxylic acids is 1. The molecule has 0 bridgehead atoms. The van der Waals surface area contributed by atoms with Crippen LogP contribution in [0, 0.1) is 0 Å². The van der Waals surface area contributed by atoms with Gasteiger partial charge in [0, 0.05) is 17.7 Å². The van der Waals surface area contributed by atoms with Crippen molar-refractivity contribution in [3.05, 3.63) is 16.3 Å². The second-order valence-electron chi connectivity index (χ2n) is 4.13. The molecule has 1 unspecified atom stereocenters. The molecule has 0 saturated heterocycles. The average Bonchev–Trinajstić information content (AvgIpc) is 2.81. The van der Waals surface area contributed by atoms with Crippen LogP contribution in [0.15, 0.2) is 11.4 Å². The number of hydrogen-bond donors (Lipinski definition) is 2. The third-order valence-corrected chi connectivity index (χ3v) is 4.30. The lowest BCUT2D eigenvalue weighted by molar-refractivity contribution is -0.139. The van der Waals surface area contributed by atoms with Gasteiger partial charge in [-0.05, 0) is 6.42 Å². The summed E-state index contributed by atoms with van der Waals surface area (Å²) in [5.74, 6) is -1.65. The van der Waals surface area contributed by atoms with Crippen molar-refractivity contribution in [2.45, 2.75) is 12.5 Å². The molecule has 1 atom stereocenters. The van der Waals surface area contributed by atoms with E-state index in [1.807, 2.05) is 0 Å². The Morgan fingerprint density at radius 1 is 1.50 bits per heavy atom. The van der Waals surface area contributed by atoms with Crippen molar-refractivity contribution in [1.82, 2.24) is 5.32 Å². The van der Waals surface area contributed by atoms with Gasteiger partial charge in [0.05, 0.1) is 17.7 Å². The molecule has 112 valence electrons. The van der Waals surface area contributed by atoms with Gasteiger partial charge in [-0.1, -0.05) is 0 Å². The van der Waals surface area contributed by atoms with Crippen molar-refractivity contribution in [3.8, 4) is 5.75 Å². The van der Waals surface area contributed by atoms with Crippen LogP contribution in [0.4, 0.5) is 0 Å². The lowest BCUT2D eigenvalue weighted by Gasteiger charge is -2.13. The molecule has 1 heterocycles. The van der Waals surface area contributed by atoms with E-state index in [0.717, 1.165) is 17.6 Å². The smallest absolute Gasteiger partial charge is 0.326 e. The molecule has 1 amide bonds. The number of nitrogens with one attached hydrogen (secondary N) is 1. The maximum Gasteiger partial charge on any atom is 0.326 e. The molecule has 1 aromatic heterocycles. The number of thiophene rings is 1. The number of sulfone groups is 1. The zero-order valence-corrected chi connectivity index (χ0v) is 12.6. The summed E-state index contributed by atoms with van der Waals surface area (Å²) in [5.41, 5.74) is 0. The number of carboxylic acids is 1. The third-order valence-electron chi connectivity index (χ3n) is 2.42. The summed E-state index contributed by atoms with van der Waals surface area (Å²) in [5, 5.41) is 12.9. The molecule has 0 aromatic carbocycles. The first kappa shape index (κ1) is 16.4. The number of hydrogen-bond acceptors (Lipinski definition) is 6. The summed E-state index contributed by atoms with van der Waals surface area (Å²) in [6.07, 6.45) is 0.834. The molecule has 0 aliphatic rings. The minimum Gasteiger partial charge on any atom is -0.496 e. The zero-order chi connectivity index (χ0) is 15.3. The maximum atomic E-state index is 11.8. The van der Waals surface area contributed by atoms with Crippen LogP contribution in [0.1, 0.15) is 16.1 Å². The van der Waals surface area contributed by atoms with E-state index in [4.69, 9.17) is 9.84 Å². The predicted molar refractivity (Wildman–Crippen MR) is 74.1 cm³/mol. The Morgan fingerprint density at radius 3 is 2.60 bits per heavy atom. The van der Waals surface area contributed by atoms with Gasteiger partial charge in [0.1, 0.15) is 21.6 Å². The van der Waals surface area contributed by atoms with E-state index < -0.39 is 27.8 Å². The maximum absolute atomic E-state index is 11.8. The van der Waals surface area contributed by atoms with Gasteiger partial charge >= 0.3 is 5.97 Å². The molecule has 0 fully saturated rings.